The Morgan fingerprint density at radius 2 is 1.72 bits per heavy atom. The first-order valence-electron chi connectivity index (χ1n) is 10.3. The van der Waals surface area contributed by atoms with Crippen molar-refractivity contribution in [2.75, 3.05) is 4.90 Å². The van der Waals surface area contributed by atoms with Crippen LogP contribution in [0.2, 0.25) is 0 Å². The van der Waals surface area contributed by atoms with Gasteiger partial charge in [-0.2, -0.15) is 4.80 Å². The van der Waals surface area contributed by atoms with Gasteiger partial charge in [0.05, 0.1) is 0 Å². The van der Waals surface area contributed by atoms with Gasteiger partial charge >= 0.3 is 0 Å². The third-order valence-corrected chi connectivity index (χ3v) is 4.68. The zero-order valence-corrected chi connectivity index (χ0v) is 18.8. The van der Waals surface area contributed by atoms with Crippen molar-refractivity contribution in [1.29, 1.82) is 0 Å². The van der Waals surface area contributed by atoms with Gasteiger partial charge in [0, 0.05) is 16.8 Å². The maximum atomic E-state index is 13.5. The van der Waals surface area contributed by atoms with Gasteiger partial charge in [-0.3, -0.25) is 14.5 Å². The molecular formula is C23H27FN6O2. The van der Waals surface area contributed by atoms with Crippen LogP contribution in [0, 0.1) is 12.7 Å². The Morgan fingerprint density at radius 1 is 1.09 bits per heavy atom. The molecule has 1 N–H and O–H groups in total. The number of rotatable bonds is 6. The van der Waals surface area contributed by atoms with Crippen LogP contribution >= 0.6 is 0 Å². The monoisotopic (exact) mass is 438 g/mol. The van der Waals surface area contributed by atoms with Crippen LogP contribution in [0.25, 0.3) is 11.4 Å². The summed E-state index contributed by atoms with van der Waals surface area (Å²) in [6.07, 6.45) is 0. The van der Waals surface area contributed by atoms with Gasteiger partial charge in [0.2, 0.25) is 11.7 Å². The smallest absolute Gasteiger partial charge is 0.251 e. The number of halogens is 1. The van der Waals surface area contributed by atoms with E-state index in [4.69, 9.17) is 0 Å². The van der Waals surface area contributed by atoms with E-state index in [1.54, 1.807) is 6.92 Å². The van der Waals surface area contributed by atoms with E-state index in [-0.39, 0.29) is 12.5 Å². The minimum absolute atomic E-state index is 0.233. The molecular weight excluding hydrogens is 411 g/mol. The molecule has 1 atom stereocenters. The molecule has 2 amide bonds. The van der Waals surface area contributed by atoms with E-state index in [2.05, 4.69) is 20.7 Å². The molecule has 0 spiro atoms. The SMILES string of the molecule is Cc1ccc(-c2nnn(CC(=O)N(c3ccc(F)cc3)C(C)C(=O)NC(C)(C)C)n2)cc1. The number of benzene rings is 2. The number of carbonyl (C=O) groups excluding carboxylic acids is 2. The van der Waals surface area contributed by atoms with Crippen molar-refractivity contribution in [2.45, 2.75) is 52.7 Å². The van der Waals surface area contributed by atoms with Crippen molar-refractivity contribution in [3.05, 3.63) is 59.9 Å². The fourth-order valence-corrected chi connectivity index (χ4v) is 3.10. The molecule has 1 aromatic heterocycles. The van der Waals surface area contributed by atoms with Crippen LogP contribution in [0.5, 0.6) is 0 Å². The van der Waals surface area contributed by atoms with E-state index < -0.39 is 23.3 Å². The molecule has 0 radical (unpaired) electrons. The molecule has 1 heterocycles. The highest BCUT2D eigenvalue weighted by Gasteiger charge is 2.30. The van der Waals surface area contributed by atoms with E-state index in [1.165, 1.54) is 34.0 Å². The third kappa shape index (κ3) is 5.75. The van der Waals surface area contributed by atoms with Gasteiger partial charge in [0.1, 0.15) is 18.4 Å². The summed E-state index contributed by atoms with van der Waals surface area (Å²) in [5.74, 6) is -0.804. The largest absolute Gasteiger partial charge is 0.350 e. The third-order valence-electron chi connectivity index (χ3n) is 4.68. The number of amides is 2. The number of carbonyl (C=O) groups is 2. The molecule has 0 aliphatic heterocycles. The molecule has 3 aromatic rings. The molecule has 8 nitrogen and oxygen atoms in total. The Kier molecular flexibility index (Phi) is 6.67. The van der Waals surface area contributed by atoms with Gasteiger partial charge in [-0.1, -0.05) is 29.8 Å². The summed E-state index contributed by atoms with van der Waals surface area (Å²) in [6, 6.07) is 12.2. The highest BCUT2D eigenvalue weighted by Crippen LogP contribution is 2.20. The molecule has 3 rings (SSSR count). The Hall–Kier alpha value is -3.62. The van der Waals surface area contributed by atoms with E-state index in [9.17, 15) is 14.0 Å². The predicted octanol–water partition coefficient (Wildman–Crippen LogP) is 3.12. The lowest BCUT2D eigenvalue weighted by Crippen LogP contribution is -2.53. The highest BCUT2D eigenvalue weighted by atomic mass is 19.1. The number of anilines is 1. The number of tetrazole rings is 1. The summed E-state index contributed by atoms with van der Waals surface area (Å²) in [4.78, 5) is 28.5. The van der Waals surface area contributed by atoms with Crippen LogP contribution in [0.15, 0.2) is 48.5 Å². The predicted molar refractivity (Wildman–Crippen MR) is 119 cm³/mol. The zero-order chi connectivity index (χ0) is 23.5. The lowest BCUT2D eigenvalue weighted by Gasteiger charge is -2.31. The first kappa shape index (κ1) is 23.1. The summed E-state index contributed by atoms with van der Waals surface area (Å²) in [5, 5.41) is 15.2. The van der Waals surface area contributed by atoms with Crippen molar-refractivity contribution in [3.8, 4) is 11.4 Å². The normalized spacial score (nSPS) is 12.3. The van der Waals surface area contributed by atoms with E-state index in [0.29, 0.717) is 11.5 Å². The van der Waals surface area contributed by atoms with Gasteiger partial charge in [-0.05, 0) is 64.1 Å². The van der Waals surface area contributed by atoms with Crippen LogP contribution < -0.4 is 10.2 Å². The number of aryl methyl sites for hydroxylation is 1. The molecule has 1 unspecified atom stereocenters. The van der Waals surface area contributed by atoms with Gasteiger partial charge in [0.15, 0.2) is 0 Å². The van der Waals surface area contributed by atoms with Gasteiger partial charge in [-0.25, -0.2) is 4.39 Å². The molecule has 168 valence electrons. The second kappa shape index (κ2) is 9.25. The highest BCUT2D eigenvalue weighted by molar-refractivity contribution is 6.00. The maximum Gasteiger partial charge on any atom is 0.251 e. The Labute approximate surface area is 186 Å². The fourth-order valence-electron chi connectivity index (χ4n) is 3.10. The Morgan fingerprint density at radius 3 is 2.31 bits per heavy atom. The minimum Gasteiger partial charge on any atom is -0.350 e. The summed E-state index contributed by atoms with van der Waals surface area (Å²) >= 11 is 0. The topological polar surface area (TPSA) is 93.0 Å². The van der Waals surface area contributed by atoms with Crippen molar-refractivity contribution >= 4 is 17.5 Å². The number of hydrogen-bond donors (Lipinski definition) is 1. The minimum atomic E-state index is -0.840. The number of hydrogen-bond acceptors (Lipinski definition) is 5. The van der Waals surface area contributed by atoms with Crippen molar-refractivity contribution < 1.29 is 14.0 Å². The lowest BCUT2D eigenvalue weighted by atomic mass is 10.1. The van der Waals surface area contributed by atoms with E-state index in [1.807, 2.05) is 52.0 Å². The van der Waals surface area contributed by atoms with Gasteiger partial charge < -0.3 is 5.32 Å². The average molecular weight is 439 g/mol. The fraction of sp³-hybridized carbons (Fsp3) is 0.348. The first-order valence-corrected chi connectivity index (χ1v) is 10.3. The summed E-state index contributed by atoms with van der Waals surface area (Å²) in [7, 11) is 0. The van der Waals surface area contributed by atoms with Gasteiger partial charge in [-0.15, -0.1) is 10.2 Å². The van der Waals surface area contributed by atoms with Crippen LogP contribution in [-0.4, -0.2) is 43.6 Å². The average Bonchev–Trinajstić information content (AvgIpc) is 3.17. The molecule has 0 saturated heterocycles. The van der Waals surface area contributed by atoms with Crippen LogP contribution in [0.1, 0.15) is 33.3 Å². The van der Waals surface area contributed by atoms with Crippen molar-refractivity contribution in [3.63, 3.8) is 0 Å². The molecule has 0 bridgehead atoms. The standard InChI is InChI=1S/C23H27FN6O2/c1-15-6-8-17(9-7-15)21-26-28-29(27-21)14-20(31)30(19-12-10-18(24)11-13-19)16(2)22(32)25-23(3,4)5/h6-13,16H,14H2,1-5H3,(H,25,32). The van der Waals surface area contributed by atoms with Crippen LogP contribution in [-0.2, 0) is 16.1 Å². The van der Waals surface area contributed by atoms with E-state index in [0.717, 1.165) is 11.1 Å². The maximum absolute atomic E-state index is 13.5. The summed E-state index contributed by atoms with van der Waals surface area (Å²) in [6.45, 7) is 8.93. The number of nitrogens with zero attached hydrogens (tertiary/aromatic N) is 5. The lowest BCUT2D eigenvalue weighted by molar-refractivity contribution is -0.127. The quantitative estimate of drug-likeness (QED) is 0.638. The van der Waals surface area contributed by atoms with Crippen molar-refractivity contribution in [1.82, 2.24) is 25.5 Å². The van der Waals surface area contributed by atoms with Crippen LogP contribution in [0.3, 0.4) is 0 Å². The first-order chi connectivity index (χ1) is 15.0. The Bertz CT molecular complexity index is 1090. The molecule has 9 heteroatoms. The molecule has 2 aromatic carbocycles. The van der Waals surface area contributed by atoms with Gasteiger partial charge in [0.25, 0.3) is 5.91 Å². The molecule has 0 aliphatic rings. The molecule has 0 fully saturated rings. The molecule has 0 aliphatic carbocycles. The summed E-state index contributed by atoms with van der Waals surface area (Å²) in [5.41, 5.74) is 1.81. The second-order valence-electron chi connectivity index (χ2n) is 8.66. The second-order valence-corrected chi connectivity index (χ2v) is 8.66. The Balaban J connectivity index is 1.84. The number of nitrogens with one attached hydrogen (secondary N) is 1. The van der Waals surface area contributed by atoms with Crippen LogP contribution in [0.4, 0.5) is 10.1 Å². The zero-order valence-electron chi connectivity index (χ0n) is 18.8. The van der Waals surface area contributed by atoms with E-state index >= 15 is 0 Å². The molecule has 32 heavy (non-hydrogen) atoms. The van der Waals surface area contributed by atoms with Crippen molar-refractivity contribution in [2.24, 2.45) is 0 Å². The number of aromatic nitrogens is 4. The molecule has 0 saturated carbocycles. The summed E-state index contributed by atoms with van der Waals surface area (Å²) < 4.78 is 13.5.